The molecule has 0 spiro atoms. The molecule has 0 aliphatic heterocycles. The molecule has 0 saturated heterocycles. The van der Waals surface area contributed by atoms with Crippen LogP contribution in [0.5, 0.6) is 17.2 Å². The van der Waals surface area contributed by atoms with Crippen LogP contribution in [-0.2, 0) is 6.42 Å². The topological polar surface area (TPSA) is 163 Å². The van der Waals surface area contributed by atoms with Crippen LogP contribution in [0.4, 0.5) is 23.3 Å². The first-order valence-corrected chi connectivity index (χ1v) is 13.1. The molecule has 0 atom stereocenters. The highest BCUT2D eigenvalue weighted by Gasteiger charge is 2.17. The van der Waals surface area contributed by atoms with Crippen LogP contribution in [0.1, 0.15) is 28.1 Å². The number of aryl methyl sites for hydroxylation is 3. The van der Waals surface area contributed by atoms with E-state index in [1.54, 1.807) is 37.0 Å². The van der Waals surface area contributed by atoms with Gasteiger partial charge in [-0.2, -0.15) is 15.0 Å². The van der Waals surface area contributed by atoms with E-state index in [0.717, 1.165) is 32.8 Å². The Hall–Kier alpha value is -5.71. The zero-order valence-electron chi connectivity index (χ0n) is 22.8. The predicted molar refractivity (Wildman–Crippen MR) is 157 cm³/mol. The number of benzene rings is 3. The summed E-state index contributed by atoms with van der Waals surface area (Å²) in [6, 6.07) is 9.96. The van der Waals surface area contributed by atoms with Gasteiger partial charge in [0.2, 0.25) is 11.9 Å². The molecule has 11 heteroatoms. The van der Waals surface area contributed by atoms with E-state index in [1.807, 2.05) is 26.8 Å². The molecule has 7 aromatic rings. The van der Waals surface area contributed by atoms with Crippen molar-refractivity contribution in [2.24, 2.45) is 0 Å². The van der Waals surface area contributed by atoms with Gasteiger partial charge in [-0.05, 0) is 55.7 Å². The van der Waals surface area contributed by atoms with Gasteiger partial charge in [0.05, 0.1) is 30.2 Å². The third-order valence-electron chi connectivity index (χ3n) is 7.26. The molecule has 11 nitrogen and oxygen atoms in total. The van der Waals surface area contributed by atoms with Gasteiger partial charge < -0.3 is 39.2 Å². The van der Waals surface area contributed by atoms with E-state index in [0.29, 0.717) is 39.5 Å². The van der Waals surface area contributed by atoms with Crippen molar-refractivity contribution in [3.05, 3.63) is 83.3 Å². The molecule has 0 bridgehead atoms. The van der Waals surface area contributed by atoms with Crippen LogP contribution in [0.25, 0.3) is 32.9 Å². The molecule has 0 aliphatic rings. The number of hydrogen-bond acceptors (Lipinski definition) is 11. The maximum Gasteiger partial charge on any atom is 0.232 e. The number of aromatic nitrogens is 3. The minimum atomic E-state index is -0.0506. The summed E-state index contributed by atoms with van der Waals surface area (Å²) in [6.07, 6.45) is 5.03. The van der Waals surface area contributed by atoms with Crippen LogP contribution in [-0.4, -0.2) is 30.3 Å². The molecule has 4 heterocycles. The largest absolute Gasteiger partial charge is 0.508 e. The first-order chi connectivity index (χ1) is 20.2. The average molecular weight is 564 g/mol. The average Bonchev–Trinajstić information content (AvgIpc) is 3.61. The number of phenols is 3. The fraction of sp³-hybridized carbons (Fsp3) is 0.129. The maximum absolute atomic E-state index is 10.7. The number of rotatable bonds is 6. The van der Waals surface area contributed by atoms with Crippen LogP contribution in [0.15, 0.2) is 68.4 Å². The Labute approximate surface area is 238 Å². The fourth-order valence-corrected chi connectivity index (χ4v) is 4.98. The minimum Gasteiger partial charge on any atom is -0.508 e. The van der Waals surface area contributed by atoms with Crippen LogP contribution in [0.3, 0.4) is 0 Å². The van der Waals surface area contributed by atoms with Crippen molar-refractivity contribution in [1.29, 1.82) is 0 Å². The summed E-state index contributed by atoms with van der Waals surface area (Å²) in [5.74, 6) is 0.539. The summed E-state index contributed by atoms with van der Waals surface area (Å²) in [6.45, 7) is 5.74. The lowest BCUT2D eigenvalue weighted by molar-refractivity contribution is 0.468. The second-order valence-electron chi connectivity index (χ2n) is 10.3. The van der Waals surface area contributed by atoms with E-state index in [2.05, 4.69) is 25.6 Å². The van der Waals surface area contributed by atoms with Crippen molar-refractivity contribution in [2.45, 2.75) is 27.2 Å². The van der Waals surface area contributed by atoms with E-state index >= 15 is 0 Å². The van der Waals surface area contributed by atoms with Gasteiger partial charge in [-0.3, -0.25) is 0 Å². The Morgan fingerprint density at radius 1 is 0.571 bits per heavy atom. The number of nitrogens with zero attached hydrogens (tertiary/aromatic N) is 3. The molecule has 0 unspecified atom stereocenters. The van der Waals surface area contributed by atoms with Crippen LogP contribution < -0.4 is 10.6 Å². The van der Waals surface area contributed by atoms with Gasteiger partial charge in [0.1, 0.15) is 39.8 Å². The summed E-state index contributed by atoms with van der Waals surface area (Å²) >= 11 is 0. The molecule has 0 aliphatic carbocycles. The standard InChI is InChI=1S/C31H25N5O6/c1-14-11-40-26-8-23(37)17(4-18(14)26)5-29-34-30(32-21-6-19-15(2)12-41-27(19)9-24(21)38)36-31(35-29)33-22-7-20-16(3)13-42-28(20)10-25(22)39/h4,6-13,37-39H,5H2,1-3H3,(H2,32,33,34,35,36). The highest BCUT2D eigenvalue weighted by molar-refractivity contribution is 5.89. The zero-order chi connectivity index (χ0) is 29.1. The first-order valence-electron chi connectivity index (χ1n) is 13.1. The number of furan rings is 3. The van der Waals surface area contributed by atoms with Crippen molar-refractivity contribution in [2.75, 3.05) is 10.6 Å². The Morgan fingerprint density at radius 3 is 1.48 bits per heavy atom. The molecule has 0 amide bonds. The molecule has 210 valence electrons. The molecule has 5 N–H and O–H groups in total. The summed E-state index contributed by atoms with van der Waals surface area (Å²) in [7, 11) is 0. The van der Waals surface area contributed by atoms with Gasteiger partial charge in [0, 0.05) is 46.3 Å². The lowest BCUT2D eigenvalue weighted by Gasteiger charge is -2.13. The van der Waals surface area contributed by atoms with Crippen molar-refractivity contribution in [3.8, 4) is 17.2 Å². The van der Waals surface area contributed by atoms with Crippen molar-refractivity contribution < 1.29 is 28.6 Å². The highest BCUT2D eigenvalue weighted by Crippen LogP contribution is 2.36. The third-order valence-corrected chi connectivity index (χ3v) is 7.26. The Balaban J connectivity index is 1.31. The minimum absolute atomic E-state index is 0.0401. The zero-order valence-corrected chi connectivity index (χ0v) is 22.8. The van der Waals surface area contributed by atoms with Crippen molar-refractivity contribution in [3.63, 3.8) is 0 Å². The van der Waals surface area contributed by atoms with Gasteiger partial charge in [0.15, 0.2) is 0 Å². The second-order valence-corrected chi connectivity index (χ2v) is 10.3. The van der Waals surface area contributed by atoms with Gasteiger partial charge in [-0.15, -0.1) is 0 Å². The molecule has 4 aromatic heterocycles. The van der Waals surface area contributed by atoms with Gasteiger partial charge in [-0.1, -0.05) is 0 Å². The lowest BCUT2D eigenvalue weighted by Crippen LogP contribution is -2.08. The molecule has 0 saturated carbocycles. The predicted octanol–water partition coefficient (Wildman–Crippen LogP) is 7.23. The van der Waals surface area contributed by atoms with Crippen molar-refractivity contribution in [1.82, 2.24) is 15.0 Å². The summed E-state index contributed by atoms with van der Waals surface area (Å²) in [5.41, 5.74) is 5.76. The van der Waals surface area contributed by atoms with Gasteiger partial charge in [-0.25, -0.2) is 0 Å². The third kappa shape index (κ3) is 4.37. The molecule has 0 radical (unpaired) electrons. The van der Waals surface area contributed by atoms with E-state index < -0.39 is 0 Å². The lowest BCUT2D eigenvalue weighted by atomic mass is 10.1. The van der Waals surface area contributed by atoms with Crippen LogP contribution >= 0.6 is 0 Å². The molecule has 7 rings (SSSR count). The van der Waals surface area contributed by atoms with E-state index in [4.69, 9.17) is 13.3 Å². The van der Waals surface area contributed by atoms with Gasteiger partial charge >= 0.3 is 0 Å². The molecule has 0 fully saturated rings. The Kier molecular flexibility index (Phi) is 5.68. The quantitative estimate of drug-likeness (QED) is 0.130. The number of phenolic OH excluding ortho intramolecular Hbond substituents is 3. The second kappa shape index (κ2) is 9.44. The fourth-order valence-electron chi connectivity index (χ4n) is 4.98. The smallest absolute Gasteiger partial charge is 0.232 e. The SMILES string of the molecule is Cc1coc2cc(O)c(Cc3nc(Nc4cc5c(C)coc5cc4O)nc(Nc4cc5c(C)coc5cc4O)n3)cc12. The summed E-state index contributed by atoms with van der Waals surface area (Å²) < 4.78 is 16.5. The number of hydrogen-bond donors (Lipinski definition) is 5. The summed E-state index contributed by atoms with van der Waals surface area (Å²) in [5, 5.41) is 40.8. The van der Waals surface area contributed by atoms with E-state index in [-0.39, 0.29) is 35.6 Å². The molecular formula is C31H25N5O6. The van der Waals surface area contributed by atoms with E-state index in [9.17, 15) is 15.3 Å². The number of fused-ring (bicyclic) bond motifs is 3. The van der Waals surface area contributed by atoms with E-state index in [1.165, 1.54) is 12.1 Å². The van der Waals surface area contributed by atoms with Crippen molar-refractivity contribution >= 4 is 56.2 Å². The Bertz CT molecular complexity index is 1900. The molecule has 3 aromatic carbocycles. The molecular weight excluding hydrogens is 538 g/mol. The maximum atomic E-state index is 10.7. The Morgan fingerprint density at radius 2 is 1.00 bits per heavy atom. The van der Waals surface area contributed by atoms with Crippen LogP contribution in [0, 0.1) is 20.8 Å². The normalized spacial score (nSPS) is 11.6. The van der Waals surface area contributed by atoms with Crippen LogP contribution in [0.2, 0.25) is 0 Å². The molecule has 42 heavy (non-hydrogen) atoms. The summed E-state index contributed by atoms with van der Waals surface area (Å²) in [4.78, 5) is 13.7. The highest BCUT2D eigenvalue weighted by atomic mass is 16.3. The number of aromatic hydroxyl groups is 3. The first kappa shape index (κ1) is 25.3. The number of anilines is 4. The monoisotopic (exact) mass is 563 g/mol. The number of nitrogens with one attached hydrogen (secondary N) is 2. The van der Waals surface area contributed by atoms with Gasteiger partial charge in [0.25, 0.3) is 0 Å².